The Bertz CT molecular complexity index is 745. The number of ether oxygens (including phenoxy) is 2. The summed E-state index contributed by atoms with van der Waals surface area (Å²) in [6.45, 7) is 6.04. The molecular formula is C21H31IN4O2S. The molecule has 1 aromatic heterocycles. The SMILES string of the molecule is CN=C(NCCCOC1CCOC1)NCCc1csc(-c2ccc(C)cc2)n1.I. The summed E-state index contributed by atoms with van der Waals surface area (Å²) in [6.07, 6.45) is 3.11. The lowest BCUT2D eigenvalue weighted by molar-refractivity contribution is 0.0420. The predicted molar refractivity (Wildman–Crippen MR) is 131 cm³/mol. The molecule has 6 nitrogen and oxygen atoms in total. The second-order valence-electron chi connectivity index (χ2n) is 6.90. The third kappa shape index (κ3) is 8.19. The fourth-order valence-corrected chi connectivity index (χ4v) is 3.81. The first-order valence-corrected chi connectivity index (χ1v) is 10.8. The van der Waals surface area contributed by atoms with E-state index in [0.29, 0.717) is 0 Å². The van der Waals surface area contributed by atoms with Crippen molar-refractivity contribution in [1.82, 2.24) is 15.6 Å². The summed E-state index contributed by atoms with van der Waals surface area (Å²) in [5.74, 6) is 0.818. The van der Waals surface area contributed by atoms with Crippen molar-refractivity contribution in [2.45, 2.75) is 32.3 Å². The third-order valence-corrected chi connectivity index (χ3v) is 5.54. The summed E-state index contributed by atoms with van der Waals surface area (Å²) in [7, 11) is 1.79. The fraction of sp³-hybridized carbons (Fsp3) is 0.524. The number of aromatic nitrogens is 1. The van der Waals surface area contributed by atoms with E-state index in [2.05, 4.69) is 52.2 Å². The van der Waals surface area contributed by atoms with Crippen LogP contribution in [0.5, 0.6) is 0 Å². The average molecular weight is 530 g/mol. The molecular weight excluding hydrogens is 499 g/mol. The Morgan fingerprint density at radius 1 is 1.28 bits per heavy atom. The maximum atomic E-state index is 5.77. The highest BCUT2D eigenvalue weighted by Gasteiger charge is 2.15. The zero-order chi connectivity index (χ0) is 19.6. The number of nitrogens with one attached hydrogen (secondary N) is 2. The summed E-state index contributed by atoms with van der Waals surface area (Å²) in [4.78, 5) is 9.02. The van der Waals surface area contributed by atoms with Crippen LogP contribution in [0.3, 0.4) is 0 Å². The summed E-state index contributed by atoms with van der Waals surface area (Å²) >= 11 is 1.70. The molecule has 1 aliphatic heterocycles. The molecule has 2 N–H and O–H groups in total. The minimum atomic E-state index is 0. The summed E-state index contributed by atoms with van der Waals surface area (Å²) < 4.78 is 11.1. The van der Waals surface area contributed by atoms with E-state index in [4.69, 9.17) is 14.5 Å². The van der Waals surface area contributed by atoms with Crippen LogP contribution in [0.2, 0.25) is 0 Å². The number of hydrogen-bond donors (Lipinski definition) is 2. The van der Waals surface area contributed by atoms with Gasteiger partial charge in [0, 0.05) is 50.7 Å². The number of benzene rings is 1. The molecule has 29 heavy (non-hydrogen) atoms. The smallest absolute Gasteiger partial charge is 0.190 e. The van der Waals surface area contributed by atoms with Gasteiger partial charge in [-0.1, -0.05) is 29.8 Å². The zero-order valence-electron chi connectivity index (χ0n) is 17.1. The van der Waals surface area contributed by atoms with Crippen LogP contribution in [0.4, 0.5) is 0 Å². The topological polar surface area (TPSA) is 67.8 Å². The van der Waals surface area contributed by atoms with Gasteiger partial charge in [0.25, 0.3) is 0 Å². The van der Waals surface area contributed by atoms with E-state index in [1.54, 1.807) is 18.4 Å². The van der Waals surface area contributed by atoms with Crippen molar-refractivity contribution in [3.63, 3.8) is 0 Å². The second-order valence-corrected chi connectivity index (χ2v) is 7.75. The first-order valence-electron chi connectivity index (χ1n) is 9.90. The average Bonchev–Trinajstić information content (AvgIpc) is 3.39. The van der Waals surface area contributed by atoms with Crippen molar-refractivity contribution in [3.8, 4) is 10.6 Å². The predicted octanol–water partition coefficient (Wildman–Crippen LogP) is 3.64. The minimum Gasteiger partial charge on any atom is -0.379 e. The number of thiazole rings is 1. The van der Waals surface area contributed by atoms with Crippen molar-refractivity contribution >= 4 is 41.3 Å². The Hall–Kier alpha value is -1.23. The second kappa shape index (κ2) is 13.1. The van der Waals surface area contributed by atoms with Gasteiger partial charge in [-0.2, -0.15) is 0 Å². The van der Waals surface area contributed by atoms with Crippen LogP contribution < -0.4 is 10.6 Å². The number of rotatable bonds is 9. The van der Waals surface area contributed by atoms with E-state index >= 15 is 0 Å². The standard InChI is InChI=1S/C21H30N4O2S.HI/c1-16-4-6-17(7-5-16)20-25-18(15-28-20)8-11-24-21(22-2)23-10-3-12-27-19-9-13-26-14-19;/h4-7,15,19H,3,8-14H2,1-2H3,(H2,22,23,24);1H. The van der Waals surface area contributed by atoms with E-state index in [1.165, 1.54) is 11.1 Å². The van der Waals surface area contributed by atoms with Gasteiger partial charge in [-0.05, 0) is 19.8 Å². The fourth-order valence-electron chi connectivity index (χ4n) is 2.95. The molecule has 0 saturated carbocycles. The summed E-state index contributed by atoms with van der Waals surface area (Å²) in [5, 5.41) is 9.89. The first-order chi connectivity index (χ1) is 13.7. The van der Waals surface area contributed by atoms with E-state index in [0.717, 1.165) is 68.8 Å². The number of aryl methyl sites for hydroxylation is 1. The third-order valence-electron chi connectivity index (χ3n) is 4.60. The Kier molecular flexibility index (Phi) is 10.9. The Labute approximate surface area is 194 Å². The largest absolute Gasteiger partial charge is 0.379 e. The van der Waals surface area contributed by atoms with Gasteiger partial charge in [0.2, 0.25) is 0 Å². The van der Waals surface area contributed by atoms with Gasteiger partial charge in [0.05, 0.1) is 18.4 Å². The van der Waals surface area contributed by atoms with Crippen LogP contribution in [0, 0.1) is 6.92 Å². The van der Waals surface area contributed by atoms with Crippen molar-refractivity contribution < 1.29 is 9.47 Å². The Balaban J connectivity index is 0.00000300. The highest BCUT2D eigenvalue weighted by molar-refractivity contribution is 14.0. The normalized spacial score (nSPS) is 16.5. The van der Waals surface area contributed by atoms with E-state index in [-0.39, 0.29) is 30.1 Å². The summed E-state index contributed by atoms with van der Waals surface area (Å²) in [5.41, 5.74) is 3.55. The van der Waals surface area contributed by atoms with E-state index in [1.807, 2.05) is 0 Å². The molecule has 0 radical (unpaired) electrons. The lowest BCUT2D eigenvalue weighted by atomic mass is 10.2. The van der Waals surface area contributed by atoms with Gasteiger partial charge in [-0.3, -0.25) is 4.99 Å². The monoisotopic (exact) mass is 530 g/mol. The molecule has 1 fully saturated rings. The van der Waals surface area contributed by atoms with Crippen molar-refractivity contribution in [2.24, 2.45) is 4.99 Å². The molecule has 2 aromatic rings. The Morgan fingerprint density at radius 2 is 2.07 bits per heavy atom. The first kappa shape index (κ1) is 24.0. The van der Waals surface area contributed by atoms with Gasteiger partial charge in [0.15, 0.2) is 5.96 Å². The highest BCUT2D eigenvalue weighted by Crippen LogP contribution is 2.24. The van der Waals surface area contributed by atoms with Crippen molar-refractivity contribution in [3.05, 3.63) is 40.9 Å². The van der Waals surface area contributed by atoms with Crippen LogP contribution in [0.1, 0.15) is 24.1 Å². The molecule has 0 bridgehead atoms. The molecule has 0 amide bonds. The lowest BCUT2D eigenvalue weighted by Gasteiger charge is -2.13. The molecule has 1 saturated heterocycles. The molecule has 2 heterocycles. The van der Waals surface area contributed by atoms with Gasteiger partial charge in [-0.15, -0.1) is 35.3 Å². The maximum absolute atomic E-state index is 5.77. The van der Waals surface area contributed by atoms with Crippen LogP contribution >= 0.6 is 35.3 Å². The number of aliphatic imine (C=N–C) groups is 1. The molecule has 1 atom stereocenters. The summed E-state index contributed by atoms with van der Waals surface area (Å²) in [6, 6.07) is 8.51. The zero-order valence-corrected chi connectivity index (χ0v) is 20.3. The van der Waals surface area contributed by atoms with Crippen molar-refractivity contribution in [2.75, 3.05) is 40.0 Å². The molecule has 160 valence electrons. The van der Waals surface area contributed by atoms with Gasteiger partial charge < -0.3 is 20.1 Å². The molecule has 3 rings (SSSR count). The minimum absolute atomic E-state index is 0. The van der Waals surface area contributed by atoms with E-state index in [9.17, 15) is 0 Å². The lowest BCUT2D eigenvalue weighted by Crippen LogP contribution is -2.39. The molecule has 1 aliphatic rings. The molecule has 0 aliphatic carbocycles. The quantitative estimate of drug-likeness (QED) is 0.224. The van der Waals surface area contributed by atoms with Crippen LogP contribution in [0.15, 0.2) is 34.6 Å². The van der Waals surface area contributed by atoms with Gasteiger partial charge in [0.1, 0.15) is 5.01 Å². The number of halogens is 1. The number of guanidine groups is 1. The molecule has 8 heteroatoms. The highest BCUT2D eigenvalue weighted by atomic mass is 127. The number of nitrogens with zero attached hydrogens (tertiary/aromatic N) is 2. The van der Waals surface area contributed by atoms with Crippen LogP contribution in [-0.2, 0) is 15.9 Å². The van der Waals surface area contributed by atoms with Gasteiger partial charge >= 0.3 is 0 Å². The number of hydrogen-bond acceptors (Lipinski definition) is 5. The van der Waals surface area contributed by atoms with Crippen LogP contribution in [0.25, 0.3) is 10.6 Å². The van der Waals surface area contributed by atoms with Crippen molar-refractivity contribution in [1.29, 1.82) is 0 Å². The molecule has 1 aromatic carbocycles. The maximum Gasteiger partial charge on any atom is 0.190 e. The van der Waals surface area contributed by atoms with Crippen LogP contribution in [-0.4, -0.2) is 57.0 Å². The van der Waals surface area contributed by atoms with Gasteiger partial charge in [-0.25, -0.2) is 4.98 Å². The molecule has 1 unspecified atom stereocenters. The molecule has 0 spiro atoms. The Morgan fingerprint density at radius 3 is 2.79 bits per heavy atom. The van der Waals surface area contributed by atoms with E-state index < -0.39 is 0 Å².